The molecule has 1 aromatic heterocycles. The van der Waals surface area contributed by atoms with Gasteiger partial charge in [0.25, 0.3) is 0 Å². The number of piperidine rings is 1. The van der Waals surface area contributed by atoms with E-state index in [2.05, 4.69) is 20.2 Å². The van der Waals surface area contributed by atoms with Crippen LogP contribution in [-0.4, -0.2) is 77.5 Å². The van der Waals surface area contributed by atoms with Gasteiger partial charge in [-0.05, 0) is 25.0 Å². The zero-order chi connectivity index (χ0) is 21.6. The molecule has 1 atom stereocenters. The molecule has 2 aliphatic rings. The second-order valence-electron chi connectivity index (χ2n) is 8.12. The Labute approximate surface area is 182 Å². The fraction of sp³-hybridized carbons (Fsp3) is 0.478. The summed E-state index contributed by atoms with van der Waals surface area (Å²) in [4.78, 5) is 37.7. The fourth-order valence-corrected chi connectivity index (χ4v) is 4.29. The Morgan fingerprint density at radius 3 is 2.77 bits per heavy atom. The highest BCUT2D eigenvalue weighted by atomic mass is 16.5. The summed E-state index contributed by atoms with van der Waals surface area (Å²) in [6, 6.07) is 7.65. The summed E-state index contributed by atoms with van der Waals surface area (Å²) in [7, 11) is 0. The second-order valence-corrected chi connectivity index (χ2v) is 8.12. The summed E-state index contributed by atoms with van der Waals surface area (Å²) in [5.74, 6) is 0.193. The van der Waals surface area contributed by atoms with Crippen LogP contribution >= 0.6 is 0 Å². The third-order valence-corrected chi connectivity index (χ3v) is 5.81. The van der Waals surface area contributed by atoms with Crippen LogP contribution in [0.15, 0.2) is 36.7 Å². The first kappa shape index (κ1) is 21.4. The van der Waals surface area contributed by atoms with Crippen LogP contribution in [0.3, 0.4) is 0 Å². The highest BCUT2D eigenvalue weighted by Crippen LogP contribution is 2.32. The Hall–Kier alpha value is -2.84. The number of carbonyl (C=O) groups is 2. The molecular weight excluding hydrogens is 394 g/mol. The smallest absolute Gasteiger partial charge is 0.236 e. The molecule has 0 radical (unpaired) electrons. The summed E-state index contributed by atoms with van der Waals surface area (Å²) < 4.78 is 5.38. The van der Waals surface area contributed by atoms with Crippen molar-refractivity contribution >= 4 is 17.5 Å². The van der Waals surface area contributed by atoms with Gasteiger partial charge in [-0.15, -0.1) is 0 Å². The van der Waals surface area contributed by atoms with Gasteiger partial charge in [0.15, 0.2) is 0 Å². The molecule has 8 heteroatoms. The molecule has 8 nitrogen and oxygen atoms in total. The lowest BCUT2D eigenvalue weighted by molar-refractivity contribution is -0.134. The topological polar surface area (TPSA) is 87.7 Å². The number of carbonyl (C=O) groups excluding carboxylic acids is 2. The van der Waals surface area contributed by atoms with Crippen LogP contribution in [0.1, 0.15) is 31.4 Å². The SMILES string of the molecule is CC(=O)Nc1cccc(-c2nccnc2C2CCCN(C(=O)CN3CCOCC3)C2)c1. The van der Waals surface area contributed by atoms with Crippen molar-refractivity contribution in [2.75, 3.05) is 51.3 Å². The molecular formula is C23H29N5O3. The van der Waals surface area contributed by atoms with E-state index in [1.807, 2.05) is 29.2 Å². The zero-order valence-electron chi connectivity index (χ0n) is 17.9. The normalized spacial score (nSPS) is 19.8. The molecule has 2 fully saturated rings. The number of ether oxygens (including phenoxy) is 1. The summed E-state index contributed by atoms with van der Waals surface area (Å²) in [6.07, 6.45) is 5.32. The largest absolute Gasteiger partial charge is 0.379 e. The minimum Gasteiger partial charge on any atom is -0.379 e. The Bertz CT molecular complexity index is 929. The molecule has 0 aliphatic carbocycles. The number of benzene rings is 1. The average Bonchev–Trinajstić information content (AvgIpc) is 2.79. The van der Waals surface area contributed by atoms with Gasteiger partial charge < -0.3 is 15.0 Å². The van der Waals surface area contributed by atoms with E-state index in [0.29, 0.717) is 26.3 Å². The van der Waals surface area contributed by atoms with Crippen LogP contribution in [0, 0.1) is 0 Å². The van der Waals surface area contributed by atoms with Crippen molar-refractivity contribution in [1.29, 1.82) is 0 Å². The van der Waals surface area contributed by atoms with Crippen molar-refractivity contribution in [2.45, 2.75) is 25.7 Å². The minimum atomic E-state index is -0.113. The maximum Gasteiger partial charge on any atom is 0.236 e. The zero-order valence-corrected chi connectivity index (χ0v) is 17.9. The van der Waals surface area contributed by atoms with E-state index < -0.39 is 0 Å². The number of nitrogens with one attached hydrogen (secondary N) is 1. The molecule has 0 saturated carbocycles. The number of aromatic nitrogens is 2. The van der Waals surface area contributed by atoms with Crippen LogP contribution in [0.25, 0.3) is 11.3 Å². The number of hydrogen-bond acceptors (Lipinski definition) is 6. The number of morpholine rings is 1. The molecule has 2 saturated heterocycles. The Balaban J connectivity index is 1.51. The van der Waals surface area contributed by atoms with Gasteiger partial charge in [-0.25, -0.2) is 0 Å². The molecule has 1 N–H and O–H groups in total. The summed E-state index contributed by atoms with van der Waals surface area (Å²) in [5, 5.41) is 2.82. The van der Waals surface area contributed by atoms with E-state index in [1.165, 1.54) is 6.92 Å². The van der Waals surface area contributed by atoms with E-state index in [9.17, 15) is 9.59 Å². The lowest BCUT2D eigenvalue weighted by atomic mass is 9.91. The quantitative estimate of drug-likeness (QED) is 0.793. The average molecular weight is 424 g/mol. The second kappa shape index (κ2) is 9.98. The number of nitrogens with zero attached hydrogens (tertiary/aromatic N) is 4. The minimum absolute atomic E-state index is 0.113. The summed E-state index contributed by atoms with van der Waals surface area (Å²) >= 11 is 0. The molecule has 0 spiro atoms. The number of likely N-dealkylation sites (tertiary alicyclic amines) is 1. The monoisotopic (exact) mass is 423 g/mol. The standard InChI is InChI=1S/C23H29N5O3/c1-17(29)26-20-6-2-4-18(14-20)22-23(25-8-7-24-22)19-5-3-9-28(15-19)21(30)16-27-10-12-31-13-11-27/h2,4,6-8,14,19H,3,5,9-13,15-16H2,1H3,(H,26,29). The molecule has 2 aliphatic heterocycles. The van der Waals surface area contributed by atoms with E-state index >= 15 is 0 Å². The van der Waals surface area contributed by atoms with E-state index in [1.54, 1.807) is 12.4 Å². The molecule has 1 aromatic carbocycles. The molecule has 4 rings (SSSR count). The number of amides is 2. The predicted molar refractivity (Wildman–Crippen MR) is 118 cm³/mol. The molecule has 164 valence electrons. The van der Waals surface area contributed by atoms with Crippen LogP contribution in [-0.2, 0) is 14.3 Å². The first-order valence-corrected chi connectivity index (χ1v) is 10.9. The predicted octanol–water partition coefficient (Wildman–Crippen LogP) is 2.14. The first-order chi connectivity index (χ1) is 15.1. The van der Waals surface area contributed by atoms with Gasteiger partial charge in [0.1, 0.15) is 0 Å². The third kappa shape index (κ3) is 5.45. The van der Waals surface area contributed by atoms with Gasteiger partial charge in [-0.1, -0.05) is 12.1 Å². The Morgan fingerprint density at radius 1 is 1.16 bits per heavy atom. The van der Waals surface area contributed by atoms with Crippen molar-refractivity contribution in [2.24, 2.45) is 0 Å². The van der Waals surface area contributed by atoms with Crippen LogP contribution in [0.4, 0.5) is 5.69 Å². The van der Waals surface area contributed by atoms with Gasteiger partial charge >= 0.3 is 0 Å². The van der Waals surface area contributed by atoms with Crippen LogP contribution in [0.2, 0.25) is 0 Å². The van der Waals surface area contributed by atoms with Crippen LogP contribution in [0.5, 0.6) is 0 Å². The van der Waals surface area contributed by atoms with E-state index in [-0.39, 0.29) is 17.7 Å². The number of anilines is 1. The molecule has 31 heavy (non-hydrogen) atoms. The van der Waals surface area contributed by atoms with Gasteiger partial charge in [0.2, 0.25) is 11.8 Å². The Morgan fingerprint density at radius 2 is 1.97 bits per heavy atom. The summed E-state index contributed by atoms with van der Waals surface area (Å²) in [6.45, 7) is 6.37. The Kier molecular flexibility index (Phi) is 6.89. The number of hydrogen-bond donors (Lipinski definition) is 1. The van der Waals surface area contributed by atoms with Gasteiger partial charge in [-0.3, -0.25) is 24.5 Å². The maximum absolute atomic E-state index is 12.9. The van der Waals surface area contributed by atoms with Crippen molar-refractivity contribution in [3.8, 4) is 11.3 Å². The van der Waals surface area contributed by atoms with Crippen molar-refractivity contribution in [3.05, 3.63) is 42.4 Å². The lowest BCUT2D eigenvalue weighted by Crippen LogP contribution is -2.47. The van der Waals surface area contributed by atoms with Crippen molar-refractivity contribution in [3.63, 3.8) is 0 Å². The molecule has 3 heterocycles. The van der Waals surface area contributed by atoms with Crippen molar-refractivity contribution in [1.82, 2.24) is 19.8 Å². The summed E-state index contributed by atoms with van der Waals surface area (Å²) in [5.41, 5.74) is 3.35. The van der Waals surface area contributed by atoms with Crippen LogP contribution < -0.4 is 5.32 Å². The molecule has 1 unspecified atom stereocenters. The third-order valence-electron chi connectivity index (χ3n) is 5.81. The van der Waals surface area contributed by atoms with Gasteiger partial charge in [-0.2, -0.15) is 0 Å². The van der Waals surface area contributed by atoms with Gasteiger partial charge in [0.05, 0.1) is 31.1 Å². The molecule has 2 aromatic rings. The highest BCUT2D eigenvalue weighted by Gasteiger charge is 2.29. The van der Waals surface area contributed by atoms with E-state index in [4.69, 9.17) is 4.74 Å². The maximum atomic E-state index is 12.9. The molecule has 2 amide bonds. The first-order valence-electron chi connectivity index (χ1n) is 10.9. The van der Waals surface area contributed by atoms with Crippen molar-refractivity contribution < 1.29 is 14.3 Å². The highest BCUT2D eigenvalue weighted by molar-refractivity contribution is 5.89. The lowest BCUT2D eigenvalue weighted by Gasteiger charge is -2.35. The van der Waals surface area contributed by atoms with Gasteiger partial charge in [0, 0.05) is 62.7 Å². The van der Waals surface area contributed by atoms with E-state index in [0.717, 1.165) is 55.1 Å². The number of rotatable bonds is 5. The molecule has 0 bridgehead atoms. The fourth-order valence-electron chi connectivity index (χ4n) is 4.29.